The Balaban J connectivity index is 1.54. The van der Waals surface area contributed by atoms with Crippen molar-refractivity contribution in [2.75, 3.05) is 20.2 Å². The molecule has 3 heterocycles. The number of aliphatic hydroxyl groups excluding tert-OH is 2. The summed E-state index contributed by atoms with van der Waals surface area (Å²) in [5, 5.41) is 26.9. The summed E-state index contributed by atoms with van der Waals surface area (Å²) in [5.74, 6) is 6.98. The number of methoxy groups -OCH3 is 1. The van der Waals surface area contributed by atoms with E-state index in [1.54, 1.807) is 0 Å². The summed E-state index contributed by atoms with van der Waals surface area (Å²) in [5.41, 5.74) is 2.68. The molecule has 1 saturated heterocycles. The third-order valence-electron chi connectivity index (χ3n) is 9.99. The molecule has 0 aromatic rings. The number of esters is 1. The Hall–Kier alpha value is -2.22. The second kappa shape index (κ2) is 16.7. The van der Waals surface area contributed by atoms with Gasteiger partial charge in [0.1, 0.15) is 36.3 Å². The number of nitrogens with two attached hydrogens (primary N) is 1. The number of Topliss-reactive ketones (excluding diaryl/α,β-unsaturated/α-hetero) is 1. The maximum Gasteiger partial charge on any atom is 0.302 e. The number of aliphatic imine (C=N–C) groups is 1. The molecule has 1 saturated carbocycles. The molecule has 5 N–H and O–H groups in total. The fourth-order valence-electron chi connectivity index (χ4n) is 7.39. The number of carbonyl (C=O) groups excluding carboxylic acids is 2. The standard InChI is InChI=1S/C34H52N3O6/c1-4-23-8-10-30(43-22(2)38)19-29(39)16-25(27-17-31(40)34(41)32(18-27)42-3)6-5-12-36-33-15-24(11-13-37-33)7-9-26-20-35-21-28(26)14-23/h20-21,23-25,27,30-34,36-37,40-41H,4,7-19H2,1-3H3/q+1/p+1/t23-,24?,25+,27?,30+,31?,32?,33?,34?/m0/s1. The fourth-order valence-corrected chi connectivity index (χ4v) is 7.39. The van der Waals surface area contributed by atoms with Gasteiger partial charge in [-0.1, -0.05) is 25.2 Å². The predicted molar refractivity (Wildman–Crippen MR) is 165 cm³/mol. The lowest BCUT2D eigenvalue weighted by molar-refractivity contribution is -0.704. The molecule has 1 aliphatic carbocycles. The predicted octanol–water partition coefficient (Wildman–Crippen LogP) is 2.46. The Bertz CT molecular complexity index is 1060. The summed E-state index contributed by atoms with van der Waals surface area (Å²) < 4.78 is 11.1. The van der Waals surface area contributed by atoms with Crippen LogP contribution < -0.4 is 10.6 Å². The molecular formula is C34H53N3O6+2. The average Bonchev–Trinajstić information content (AvgIpc) is 3.43. The quantitative estimate of drug-likeness (QED) is 0.222. The van der Waals surface area contributed by atoms with Gasteiger partial charge in [-0.2, -0.15) is 0 Å². The number of quaternary nitrogens is 1. The number of fused-ring (bicyclic) bond motifs is 2. The van der Waals surface area contributed by atoms with Gasteiger partial charge in [0.05, 0.1) is 30.9 Å². The van der Waals surface area contributed by atoms with Gasteiger partial charge in [-0.25, -0.2) is 0 Å². The molecular weight excluding hydrogens is 546 g/mol. The number of ketones is 1. The van der Waals surface area contributed by atoms with Crippen molar-refractivity contribution in [3.05, 3.63) is 17.7 Å². The topological polar surface area (TPSA) is 134 Å². The number of nitrogens with one attached hydrogen (secondary N) is 1. The molecule has 9 atom stereocenters. The lowest BCUT2D eigenvalue weighted by Crippen LogP contribution is -2.95. The van der Waals surface area contributed by atoms with Crippen molar-refractivity contribution in [3.63, 3.8) is 0 Å². The number of aliphatic hydroxyl groups is 2. The van der Waals surface area contributed by atoms with E-state index in [0.29, 0.717) is 43.8 Å². The highest BCUT2D eigenvalue weighted by Crippen LogP contribution is 2.35. The van der Waals surface area contributed by atoms with E-state index >= 15 is 0 Å². The van der Waals surface area contributed by atoms with Gasteiger partial charge in [-0.3, -0.25) is 14.9 Å². The monoisotopic (exact) mass is 599 g/mol. The second-order valence-electron chi connectivity index (χ2n) is 13.1. The summed E-state index contributed by atoms with van der Waals surface area (Å²) in [7, 11) is 1.54. The number of hydrogen-bond donors (Lipinski definition) is 4. The van der Waals surface area contributed by atoms with Gasteiger partial charge in [0.2, 0.25) is 0 Å². The van der Waals surface area contributed by atoms with E-state index in [1.165, 1.54) is 31.6 Å². The number of allylic oxidation sites excluding steroid dienone is 1. The summed E-state index contributed by atoms with van der Waals surface area (Å²) >= 11 is 0. The molecule has 4 aliphatic rings. The Morgan fingerprint density at radius 1 is 1.16 bits per heavy atom. The van der Waals surface area contributed by atoms with Gasteiger partial charge >= 0.3 is 5.97 Å². The SMILES string of the molecule is CC[C@H]1CC[C@@H](OC(C)=O)CC(=O)C[C@H](C2CC(O)C(O)C(OC)C2)C#CCNC2CC(CC[NH2+]2)CCC2=C(C=N[CH+]2)C1. The molecule has 0 radical (unpaired) electrons. The van der Waals surface area contributed by atoms with Crippen LogP contribution in [0.4, 0.5) is 0 Å². The molecule has 0 aromatic heterocycles. The maximum absolute atomic E-state index is 13.5. The van der Waals surface area contributed by atoms with Crippen LogP contribution in [0.3, 0.4) is 0 Å². The van der Waals surface area contributed by atoms with Crippen molar-refractivity contribution in [2.45, 2.75) is 121 Å². The first-order valence-electron chi connectivity index (χ1n) is 16.5. The van der Waals surface area contributed by atoms with E-state index in [9.17, 15) is 19.8 Å². The van der Waals surface area contributed by atoms with Crippen molar-refractivity contribution < 1.29 is 34.6 Å². The van der Waals surface area contributed by atoms with E-state index in [2.05, 4.69) is 34.4 Å². The van der Waals surface area contributed by atoms with Gasteiger partial charge in [-0.15, -0.1) is 4.99 Å². The first kappa shape index (κ1) is 33.7. The molecule has 4 rings (SSSR count). The van der Waals surface area contributed by atoms with Gasteiger partial charge in [0.25, 0.3) is 0 Å². The molecule has 3 aliphatic heterocycles. The van der Waals surface area contributed by atoms with E-state index in [-0.39, 0.29) is 36.4 Å². The highest BCUT2D eigenvalue weighted by Gasteiger charge is 2.39. The van der Waals surface area contributed by atoms with Crippen LogP contribution in [0.1, 0.15) is 90.9 Å². The number of nitrogens with zero attached hydrogens (tertiary/aromatic N) is 1. The average molecular weight is 600 g/mol. The molecule has 0 aromatic carbocycles. The molecule has 2 bridgehead atoms. The molecule has 0 amide bonds. The van der Waals surface area contributed by atoms with Crippen molar-refractivity contribution in [1.82, 2.24) is 5.32 Å². The minimum Gasteiger partial charge on any atom is -0.462 e. The van der Waals surface area contributed by atoms with Crippen LogP contribution in [0.25, 0.3) is 0 Å². The molecule has 43 heavy (non-hydrogen) atoms. The first-order valence-corrected chi connectivity index (χ1v) is 16.5. The molecule has 2 fully saturated rings. The zero-order valence-corrected chi connectivity index (χ0v) is 26.3. The second-order valence-corrected chi connectivity index (χ2v) is 13.1. The van der Waals surface area contributed by atoms with Crippen molar-refractivity contribution >= 4 is 18.0 Å². The van der Waals surface area contributed by atoms with E-state index in [1.807, 2.05) is 12.8 Å². The normalized spacial score (nSPS) is 36.6. The van der Waals surface area contributed by atoms with Gasteiger partial charge in [0, 0.05) is 52.1 Å². The van der Waals surface area contributed by atoms with Crippen molar-refractivity contribution in [3.8, 4) is 11.8 Å². The van der Waals surface area contributed by atoms with E-state index in [4.69, 9.17) is 9.47 Å². The molecule has 0 spiro atoms. The van der Waals surface area contributed by atoms with Crippen LogP contribution in [-0.4, -0.2) is 79.0 Å². The summed E-state index contributed by atoms with van der Waals surface area (Å²) in [6, 6.07) is 0. The van der Waals surface area contributed by atoms with Crippen LogP contribution in [-0.2, 0) is 19.1 Å². The highest BCUT2D eigenvalue weighted by atomic mass is 16.5. The van der Waals surface area contributed by atoms with Crippen LogP contribution in [0.2, 0.25) is 0 Å². The lowest BCUT2D eigenvalue weighted by atomic mass is 9.74. The van der Waals surface area contributed by atoms with Crippen LogP contribution >= 0.6 is 0 Å². The molecule has 9 heteroatoms. The third kappa shape index (κ3) is 10.2. The van der Waals surface area contributed by atoms with Crippen molar-refractivity contribution in [2.24, 2.45) is 28.7 Å². The maximum atomic E-state index is 13.5. The Morgan fingerprint density at radius 2 is 2.00 bits per heavy atom. The molecule has 9 nitrogen and oxygen atoms in total. The Labute approximate surface area is 257 Å². The third-order valence-corrected chi connectivity index (χ3v) is 9.99. The van der Waals surface area contributed by atoms with Crippen molar-refractivity contribution in [1.29, 1.82) is 0 Å². The van der Waals surface area contributed by atoms with Gasteiger partial charge in [0.15, 0.2) is 6.21 Å². The van der Waals surface area contributed by atoms with Gasteiger partial charge in [-0.05, 0) is 56.3 Å². The zero-order chi connectivity index (χ0) is 30.8. The number of piperidine rings is 1. The first-order chi connectivity index (χ1) is 20.7. The number of rotatable bonds is 4. The Morgan fingerprint density at radius 3 is 2.77 bits per heavy atom. The smallest absolute Gasteiger partial charge is 0.302 e. The highest BCUT2D eigenvalue weighted by molar-refractivity contribution is 5.84. The summed E-state index contributed by atoms with van der Waals surface area (Å²) in [6.07, 6.45) is 8.70. The largest absolute Gasteiger partial charge is 0.462 e. The van der Waals surface area contributed by atoms with Crippen LogP contribution in [0, 0.1) is 42.1 Å². The number of hydrogen-bond acceptors (Lipinski definition) is 8. The zero-order valence-electron chi connectivity index (χ0n) is 26.3. The summed E-state index contributed by atoms with van der Waals surface area (Å²) in [4.78, 5) is 30.0. The molecule has 6 unspecified atom stereocenters. The van der Waals surface area contributed by atoms with E-state index < -0.39 is 24.4 Å². The molecule has 238 valence electrons. The Kier molecular flexibility index (Phi) is 13.1. The van der Waals surface area contributed by atoms with E-state index in [0.717, 1.165) is 45.1 Å². The minimum atomic E-state index is -0.950. The number of carbonyl (C=O) groups is 2. The van der Waals surface area contributed by atoms with Gasteiger partial charge < -0.3 is 25.0 Å². The van der Waals surface area contributed by atoms with Crippen LogP contribution in [0.15, 0.2) is 16.1 Å². The summed E-state index contributed by atoms with van der Waals surface area (Å²) in [6.45, 7) is 7.25. The number of ether oxygens (including phenoxy) is 2. The minimum absolute atomic E-state index is 0.00140. The van der Waals surface area contributed by atoms with Crippen LogP contribution in [0.5, 0.6) is 0 Å². The lowest BCUT2D eigenvalue weighted by Gasteiger charge is -2.38. The fraction of sp³-hybridized carbons (Fsp3) is 0.765.